The quantitative estimate of drug-likeness (QED) is 0.425. The van der Waals surface area contributed by atoms with Gasteiger partial charge in [-0.25, -0.2) is 0 Å². The van der Waals surface area contributed by atoms with Crippen molar-refractivity contribution in [1.29, 1.82) is 0 Å². The summed E-state index contributed by atoms with van der Waals surface area (Å²) in [5.41, 5.74) is 2.18. The molecule has 1 aromatic heterocycles. The third kappa shape index (κ3) is 5.04. The number of aryl methyl sites for hydroxylation is 1. The van der Waals surface area contributed by atoms with Gasteiger partial charge in [0.1, 0.15) is 5.82 Å². The Morgan fingerprint density at radius 2 is 2.00 bits per heavy atom. The molecule has 0 aliphatic rings. The minimum absolute atomic E-state index is 0.0219. The first-order valence-electron chi connectivity index (χ1n) is 7.56. The Bertz CT molecular complexity index is 615. The summed E-state index contributed by atoms with van der Waals surface area (Å²) in [6, 6.07) is 11.9. The SMILES string of the molecule is CCCCN/C(=C/C(=O)c1cccs1)Nc1ccc(C)cc1. The number of carbonyl (C=O) groups excluding carboxylic acids is 1. The molecular formula is C18H22N2OS. The van der Waals surface area contributed by atoms with Crippen LogP contribution in [0.2, 0.25) is 0 Å². The van der Waals surface area contributed by atoms with Crippen molar-refractivity contribution in [3.63, 3.8) is 0 Å². The molecule has 2 aromatic rings. The van der Waals surface area contributed by atoms with E-state index in [0.717, 1.165) is 35.8 Å². The maximum Gasteiger partial charge on any atom is 0.199 e. The van der Waals surface area contributed by atoms with Crippen LogP contribution in [0.3, 0.4) is 0 Å². The third-order valence-electron chi connectivity index (χ3n) is 3.22. The van der Waals surface area contributed by atoms with Gasteiger partial charge in [0.15, 0.2) is 5.78 Å². The average molecular weight is 314 g/mol. The number of hydrogen-bond acceptors (Lipinski definition) is 4. The maximum atomic E-state index is 12.2. The van der Waals surface area contributed by atoms with Gasteiger partial charge in [0, 0.05) is 18.3 Å². The smallest absolute Gasteiger partial charge is 0.199 e. The van der Waals surface area contributed by atoms with Crippen molar-refractivity contribution in [2.45, 2.75) is 26.7 Å². The fraction of sp³-hybridized carbons (Fsp3) is 0.278. The second kappa shape index (κ2) is 8.39. The number of unbranched alkanes of at least 4 members (excludes halogenated alkanes) is 1. The molecule has 0 fully saturated rings. The summed E-state index contributed by atoms with van der Waals surface area (Å²) in [7, 11) is 0. The topological polar surface area (TPSA) is 41.1 Å². The predicted molar refractivity (Wildman–Crippen MR) is 94.4 cm³/mol. The van der Waals surface area contributed by atoms with Gasteiger partial charge >= 0.3 is 0 Å². The summed E-state index contributed by atoms with van der Waals surface area (Å²) in [4.78, 5) is 13.0. The molecule has 1 heterocycles. The fourth-order valence-electron chi connectivity index (χ4n) is 1.94. The number of ketones is 1. The number of carbonyl (C=O) groups is 1. The molecule has 0 aliphatic carbocycles. The van der Waals surface area contributed by atoms with Crippen LogP contribution in [0.25, 0.3) is 0 Å². The molecular weight excluding hydrogens is 292 g/mol. The molecule has 0 radical (unpaired) electrons. The van der Waals surface area contributed by atoms with Crippen molar-refractivity contribution < 1.29 is 4.79 Å². The summed E-state index contributed by atoms with van der Waals surface area (Å²) in [5, 5.41) is 8.52. The van der Waals surface area contributed by atoms with Gasteiger partial charge in [-0.15, -0.1) is 11.3 Å². The van der Waals surface area contributed by atoms with Crippen LogP contribution in [0.4, 0.5) is 5.69 Å². The first-order valence-corrected chi connectivity index (χ1v) is 8.44. The molecule has 0 amide bonds. The molecule has 4 heteroatoms. The third-order valence-corrected chi connectivity index (χ3v) is 4.10. The number of benzene rings is 1. The van der Waals surface area contributed by atoms with Crippen molar-refractivity contribution in [1.82, 2.24) is 5.32 Å². The van der Waals surface area contributed by atoms with E-state index in [0.29, 0.717) is 0 Å². The molecule has 22 heavy (non-hydrogen) atoms. The molecule has 0 spiro atoms. The Morgan fingerprint density at radius 1 is 1.23 bits per heavy atom. The molecule has 0 saturated heterocycles. The highest BCUT2D eigenvalue weighted by Gasteiger charge is 2.06. The predicted octanol–water partition coefficient (Wildman–Crippen LogP) is 4.58. The molecule has 116 valence electrons. The van der Waals surface area contributed by atoms with Gasteiger partial charge in [0.2, 0.25) is 0 Å². The van der Waals surface area contributed by atoms with Gasteiger partial charge < -0.3 is 10.6 Å². The van der Waals surface area contributed by atoms with Crippen LogP contribution in [0.15, 0.2) is 53.7 Å². The zero-order valence-electron chi connectivity index (χ0n) is 13.1. The first-order chi connectivity index (χ1) is 10.7. The fourth-order valence-corrected chi connectivity index (χ4v) is 2.58. The molecule has 1 aromatic carbocycles. The van der Waals surface area contributed by atoms with E-state index in [1.54, 1.807) is 6.08 Å². The minimum atomic E-state index is 0.0219. The van der Waals surface area contributed by atoms with Crippen LogP contribution in [-0.2, 0) is 0 Å². The zero-order chi connectivity index (χ0) is 15.8. The molecule has 2 N–H and O–H groups in total. The molecule has 0 saturated carbocycles. The Labute approximate surface area is 136 Å². The lowest BCUT2D eigenvalue weighted by Crippen LogP contribution is -2.22. The second-order valence-corrected chi connectivity index (χ2v) is 6.12. The van der Waals surface area contributed by atoms with Crippen molar-refractivity contribution in [2.24, 2.45) is 0 Å². The van der Waals surface area contributed by atoms with E-state index in [9.17, 15) is 4.79 Å². The zero-order valence-corrected chi connectivity index (χ0v) is 13.9. The van der Waals surface area contributed by atoms with Gasteiger partial charge in [0.05, 0.1) is 4.88 Å². The summed E-state index contributed by atoms with van der Waals surface area (Å²) in [6.07, 6.45) is 3.82. The highest BCUT2D eigenvalue weighted by molar-refractivity contribution is 7.12. The van der Waals surface area contributed by atoms with E-state index >= 15 is 0 Å². The van der Waals surface area contributed by atoms with Crippen LogP contribution in [0, 0.1) is 6.92 Å². The Kier molecular flexibility index (Phi) is 6.22. The number of allylic oxidation sites excluding steroid dienone is 1. The molecule has 0 atom stereocenters. The summed E-state index contributed by atoms with van der Waals surface area (Å²) < 4.78 is 0. The van der Waals surface area contributed by atoms with Gasteiger partial charge in [0.25, 0.3) is 0 Å². The van der Waals surface area contributed by atoms with Crippen molar-refractivity contribution in [3.05, 3.63) is 64.1 Å². The van der Waals surface area contributed by atoms with E-state index < -0.39 is 0 Å². The maximum absolute atomic E-state index is 12.2. The minimum Gasteiger partial charge on any atom is -0.372 e. The van der Waals surface area contributed by atoms with Crippen LogP contribution in [0.1, 0.15) is 35.0 Å². The van der Waals surface area contributed by atoms with E-state index in [-0.39, 0.29) is 5.78 Å². The summed E-state index contributed by atoms with van der Waals surface area (Å²) >= 11 is 1.46. The van der Waals surface area contributed by atoms with E-state index in [1.165, 1.54) is 16.9 Å². The molecule has 3 nitrogen and oxygen atoms in total. The molecule has 0 aliphatic heterocycles. The number of rotatable bonds is 8. The molecule has 0 unspecified atom stereocenters. The van der Waals surface area contributed by atoms with Crippen LogP contribution in [0.5, 0.6) is 0 Å². The van der Waals surface area contributed by atoms with Crippen LogP contribution in [-0.4, -0.2) is 12.3 Å². The summed E-state index contributed by atoms with van der Waals surface area (Å²) in [6.45, 7) is 5.05. The largest absolute Gasteiger partial charge is 0.372 e. The standard InChI is InChI=1S/C18H22N2OS/c1-3-4-11-19-18(13-16(21)17-6-5-12-22-17)20-15-9-7-14(2)8-10-15/h5-10,12-13,19-20H,3-4,11H2,1-2H3/b18-13-. The van der Waals surface area contributed by atoms with Gasteiger partial charge in [-0.3, -0.25) is 4.79 Å². The highest BCUT2D eigenvalue weighted by Crippen LogP contribution is 2.13. The number of nitrogens with one attached hydrogen (secondary N) is 2. The van der Waals surface area contributed by atoms with E-state index in [4.69, 9.17) is 0 Å². The van der Waals surface area contributed by atoms with E-state index in [2.05, 4.69) is 24.5 Å². The van der Waals surface area contributed by atoms with Crippen molar-refractivity contribution in [2.75, 3.05) is 11.9 Å². The average Bonchev–Trinajstić information content (AvgIpc) is 3.04. The molecule has 0 bridgehead atoms. The van der Waals surface area contributed by atoms with Crippen molar-refractivity contribution >= 4 is 22.8 Å². The van der Waals surface area contributed by atoms with Gasteiger partial charge in [-0.1, -0.05) is 37.1 Å². The van der Waals surface area contributed by atoms with Gasteiger partial charge in [-0.05, 0) is 36.9 Å². The van der Waals surface area contributed by atoms with E-state index in [1.807, 2.05) is 41.8 Å². The van der Waals surface area contributed by atoms with Crippen LogP contribution < -0.4 is 10.6 Å². The number of hydrogen-bond donors (Lipinski definition) is 2. The lowest BCUT2D eigenvalue weighted by Gasteiger charge is -2.13. The monoisotopic (exact) mass is 314 g/mol. The lowest BCUT2D eigenvalue weighted by atomic mass is 10.2. The van der Waals surface area contributed by atoms with Gasteiger partial charge in [-0.2, -0.15) is 0 Å². The second-order valence-electron chi connectivity index (χ2n) is 5.17. The lowest BCUT2D eigenvalue weighted by molar-refractivity contribution is 0.104. The normalized spacial score (nSPS) is 11.3. The first kappa shape index (κ1) is 16.3. The number of thiophene rings is 1. The Morgan fingerprint density at radius 3 is 2.64 bits per heavy atom. The molecule has 2 rings (SSSR count). The Hall–Kier alpha value is -2.07. The van der Waals surface area contributed by atoms with Crippen molar-refractivity contribution in [3.8, 4) is 0 Å². The van der Waals surface area contributed by atoms with Crippen LogP contribution >= 0.6 is 11.3 Å². The summed E-state index contributed by atoms with van der Waals surface area (Å²) in [5.74, 6) is 0.768. The highest BCUT2D eigenvalue weighted by atomic mass is 32.1. The Balaban J connectivity index is 2.10. The number of anilines is 1.